The number of anilines is 2. The van der Waals surface area contributed by atoms with Crippen LogP contribution in [0.25, 0.3) is 0 Å². The van der Waals surface area contributed by atoms with Gasteiger partial charge >= 0.3 is 12.2 Å². The highest BCUT2D eigenvalue weighted by Crippen LogP contribution is 2.43. The summed E-state index contributed by atoms with van der Waals surface area (Å²) in [6.45, 7) is 6.59. The lowest BCUT2D eigenvalue weighted by molar-refractivity contribution is -0.137. The molecule has 2 fully saturated rings. The number of rotatable bonds is 7. The summed E-state index contributed by atoms with van der Waals surface area (Å²) >= 11 is 6.02. The predicted molar refractivity (Wildman–Crippen MR) is 153 cm³/mol. The molecule has 42 heavy (non-hydrogen) atoms. The molecule has 0 N–H and O–H groups in total. The number of halogens is 4. The van der Waals surface area contributed by atoms with E-state index in [1.807, 2.05) is 11.9 Å². The summed E-state index contributed by atoms with van der Waals surface area (Å²) < 4.78 is 48.1. The van der Waals surface area contributed by atoms with E-state index in [4.69, 9.17) is 26.3 Å². The van der Waals surface area contributed by atoms with Crippen molar-refractivity contribution in [2.24, 2.45) is 0 Å². The number of hydrogen-bond acceptors (Lipinski definition) is 8. The second kappa shape index (κ2) is 12.4. The number of carbonyl (C=O) groups is 1. The summed E-state index contributed by atoms with van der Waals surface area (Å²) in [4.78, 5) is 29.5. The number of carbonyl (C=O) groups excluding carboxylic acids is 1. The van der Waals surface area contributed by atoms with Gasteiger partial charge in [-0.3, -0.25) is 4.79 Å². The summed E-state index contributed by atoms with van der Waals surface area (Å²) in [6, 6.07) is 6.37. The topological polar surface area (TPSA) is 88.8 Å². The zero-order valence-electron chi connectivity index (χ0n) is 23.4. The third-order valence-electron chi connectivity index (χ3n) is 8.28. The van der Waals surface area contributed by atoms with Crippen molar-refractivity contribution in [3.63, 3.8) is 0 Å². The van der Waals surface area contributed by atoms with Crippen LogP contribution in [-0.4, -0.2) is 84.1 Å². The van der Waals surface area contributed by atoms with Crippen molar-refractivity contribution in [3.05, 3.63) is 52.7 Å². The monoisotopic (exact) mass is 603 g/mol. The van der Waals surface area contributed by atoms with E-state index in [-0.39, 0.29) is 47.7 Å². The molecule has 3 aliphatic heterocycles. The fourth-order valence-corrected chi connectivity index (χ4v) is 6.35. The van der Waals surface area contributed by atoms with Crippen molar-refractivity contribution in [2.75, 3.05) is 56.2 Å². The largest absolute Gasteiger partial charge is 0.462 e. The van der Waals surface area contributed by atoms with E-state index >= 15 is 0 Å². The van der Waals surface area contributed by atoms with Gasteiger partial charge in [-0.25, -0.2) is 0 Å². The van der Waals surface area contributed by atoms with Crippen molar-refractivity contribution < 1.29 is 22.7 Å². The maximum atomic E-state index is 14.0. The first kappa shape index (κ1) is 29.9. The lowest BCUT2D eigenvalue weighted by Gasteiger charge is -2.42. The first-order valence-corrected chi connectivity index (χ1v) is 14.4. The molecule has 3 aliphatic rings. The Morgan fingerprint density at radius 3 is 2.71 bits per heavy atom. The van der Waals surface area contributed by atoms with Gasteiger partial charge in [-0.05, 0) is 51.1 Å². The summed E-state index contributed by atoms with van der Waals surface area (Å²) in [5.41, 5.74) is 0.538. The van der Waals surface area contributed by atoms with Crippen LogP contribution < -0.4 is 14.5 Å². The number of likely N-dealkylation sites (N-methyl/N-ethyl adjacent to an activating group) is 1. The van der Waals surface area contributed by atoms with E-state index in [9.17, 15) is 23.2 Å². The normalized spacial score (nSPS) is 21.2. The van der Waals surface area contributed by atoms with Gasteiger partial charge in [0.1, 0.15) is 12.4 Å². The summed E-state index contributed by atoms with van der Waals surface area (Å²) in [5, 5.41) is 9.09. The van der Waals surface area contributed by atoms with E-state index in [0.717, 1.165) is 24.9 Å². The van der Waals surface area contributed by atoms with Gasteiger partial charge in [0, 0.05) is 37.8 Å². The van der Waals surface area contributed by atoms with E-state index in [2.05, 4.69) is 17.5 Å². The number of fused-ring (bicyclic) bond motifs is 1. The smallest absolute Gasteiger partial charge is 0.419 e. The highest BCUT2D eigenvalue weighted by atomic mass is 35.5. The second-order valence-electron chi connectivity index (χ2n) is 10.8. The minimum Gasteiger partial charge on any atom is -0.462 e. The molecule has 0 unspecified atom stereocenters. The van der Waals surface area contributed by atoms with Gasteiger partial charge < -0.3 is 24.3 Å². The van der Waals surface area contributed by atoms with E-state index in [1.54, 1.807) is 9.80 Å². The van der Waals surface area contributed by atoms with Gasteiger partial charge in [0.15, 0.2) is 0 Å². The molecule has 0 saturated carbocycles. The number of piperazine rings is 1. The molecule has 1 amide bonds. The fraction of sp³-hybridized carbons (Fsp3) is 0.517. The van der Waals surface area contributed by atoms with Crippen molar-refractivity contribution >= 4 is 29.0 Å². The SMILES string of the molecule is C=CC(=O)N1CCN(c2nc(OC[C@H]3CCCN3C)nc3c2CCN(c2cccc(Cl)c2C(F)(F)F)C3)C[C@@H]1CC#N. The van der Waals surface area contributed by atoms with Gasteiger partial charge in [0.25, 0.3) is 0 Å². The third kappa shape index (κ3) is 6.13. The number of ether oxygens (including phenoxy) is 1. The molecule has 224 valence electrons. The van der Waals surface area contributed by atoms with E-state index < -0.39 is 11.7 Å². The van der Waals surface area contributed by atoms with Gasteiger partial charge in [-0.15, -0.1) is 0 Å². The summed E-state index contributed by atoms with van der Waals surface area (Å²) in [6.07, 6.45) is -0.766. The van der Waals surface area contributed by atoms with E-state index in [0.29, 0.717) is 50.7 Å². The van der Waals surface area contributed by atoms with Gasteiger partial charge in [-0.2, -0.15) is 28.4 Å². The number of amides is 1. The number of hydrogen-bond donors (Lipinski definition) is 0. The Balaban J connectivity index is 1.49. The number of likely N-dealkylation sites (tertiary alicyclic amines) is 1. The Hall–Kier alpha value is -3.56. The molecule has 2 saturated heterocycles. The Morgan fingerprint density at radius 1 is 1.21 bits per heavy atom. The van der Waals surface area contributed by atoms with Crippen molar-refractivity contribution in [1.82, 2.24) is 19.8 Å². The lowest BCUT2D eigenvalue weighted by atomic mass is 10.0. The molecule has 0 aliphatic carbocycles. The molecule has 0 bridgehead atoms. The van der Waals surface area contributed by atoms with Crippen LogP contribution >= 0.6 is 11.6 Å². The summed E-state index contributed by atoms with van der Waals surface area (Å²) in [7, 11) is 2.04. The van der Waals surface area contributed by atoms with Crippen molar-refractivity contribution in [1.29, 1.82) is 5.26 Å². The highest BCUT2D eigenvalue weighted by Gasteiger charge is 2.39. The molecule has 1 aromatic heterocycles. The molecule has 2 aromatic rings. The van der Waals surface area contributed by atoms with Crippen LogP contribution in [0.5, 0.6) is 6.01 Å². The maximum absolute atomic E-state index is 14.0. The van der Waals surface area contributed by atoms with Crippen LogP contribution in [0.1, 0.15) is 36.1 Å². The molecule has 13 heteroatoms. The number of benzene rings is 1. The standard InChI is InChI=1S/C29H33ClF3N7O2/c1-3-25(41)40-15-14-39(16-19(40)9-11-34)27-21-10-13-38(24-8-4-7-22(30)26(24)29(31,32)33)17-23(21)35-28(36-27)42-18-20-6-5-12-37(20)2/h3-4,7-8,19-20H,1,5-6,9-10,12-18H2,2H3/t19-,20+/m0/s1. The molecular weight excluding hydrogens is 571 g/mol. The average Bonchev–Trinajstić information content (AvgIpc) is 3.38. The number of alkyl halides is 3. The highest BCUT2D eigenvalue weighted by molar-refractivity contribution is 6.31. The first-order valence-electron chi connectivity index (χ1n) is 14.0. The number of nitrogens with zero attached hydrogens (tertiary/aromatic N) is 7. The third-order valence-corrected chi connectivity index (χ3v) is 8.60. The minimum atomic E-state index is -4.62. The minimum absolute atomic E-state index is 0.00139. The van der Waals surface area contributed by atoms with Crippen LogP contribution in [0.3, 0.4) is 0 Å². The zero-order valence-corrected chi connectivity index (χ0v) is 24.2. The summed E-state index contributed by atoms with van der Waals surface area (Å²) in [5.74, 6) is 0.396. The molecule has 0 spiro atoms. The molecule has 0 radical (unpaired) electrons. The second-order valence-corrected chi connectivity index (χ2v) is 11.3. The molecule has 1 aromatic carbocycles. The molecule has 2 atom stereocenters. The van der Waals surface area contributed by atoms with Crippen LogP contribution in [0, 0.1) is 11.3 Å². The van der Waals surface area contributed by atoms with Crippen molar-refractivity contribution in [2.45, 2.75) is 50.5 Å². The number of nitriles is 1. The van der Waals surface area contributed by atoms with Gasteiger partial charge in [0.2, 0.25) is 5.91 Å². The Morgan fingerprint density at radius 2 is 2.02 bits per heavy atom. The Bertz CT molecular complexity index is 1380. The fourth-order valence-electron chi connectivity index (χ4n) is 6.07. The number of aromatic nitrogens is 2. The molecular formula is C29H33ClF3N7O2. The molecule has 9 nitrogen and oxygen atoms in total. The lowest BCUT2D eigenvalue weighted by Crippen LogP contribution is -2.55. The van der Waals surface area contributed by atoms with Crippen LogP contribution in [-0.2, 0) is 23.9 Å². The van der Waals surface area contributed by atoms with Crippen molar-refractivity contribution in [3.8, 4) is 12.1 Å². The van der Waals surface area contributed by atoms with E-state index in [1.165, 1.54) is 24.3 Å². The van der Waals surface area contributed by atoms with Crippen LogP contribution in [0.15, 0.2) is 30.9 Å². The zero-order chi connectivity index (χ0) is 30.0. The Kier molecular flexibility index (Phi) is 8.80. The first-order chi connectivity index (χ1) is 20.1. The van der Waals surface area contributed by atoms with Gasteiger partial charge in [0.05, 0.1) is 47.0 Å². The molecule has 5 rings (SSSR count). The quantitative estimate of drug-likeness (QED) is 0.433. The predicted octanol–water partition coefficient (Wildman–Crippen LogP) is 4.30. The molecule has 4 heterocycles. The Labute approximate surface area is 248 Å². The average molecular weight is 604 g/mol. The van der Waals surface area contributed by atoms with Gasteiger partial charge in [-0.1, -0.05) is 24.2 Å². The maximum Gasteiger partial charge on any atom is 0.419 e. The van der Waals surface area contributed by atoms with Crippen LogP contribution in [0.4, 0.5) is 24.7 Å². The van der Waals surface area contributed by atoms with Crippen LogP contribution in [0.2, 0.25) is 5.02 Å².